The van der Waals surface area contributed by atoms with Crippen molar-refractivity contribution in [1.82, 2.24) is 0 Å². The van der Waals surface area contributed by atoms with Crippen LogP contribution < -0.4 is 9.47 Å². The fraction of sp³-hybridized carbons (Fsp3) is 0.235. The first-order chi connectivity index (χ1) is 11.8. The van der Waals surface area contributed by atoms with E-state index in [0.717, 1.165) is 0 Å². The SMILES string of the molecule is COc1ccc(Oc2ccccc2)cc1CCC(C(=O)O)P(=O)(O)O. The molecular weight excluding hydrogens is 347 g/mol. The molecule has 1 atom stereocenters. The first-order valence-corrected chi connectivity index (χ1v) is 9.17. The molecule has 0 saturated heterocycles. The van der Waals surface area contributed by atoms with Crippen LogP contribution in [0.5, 0.6) is 17.2 Å². The highest BCUT2D eigenvalue weighted by molar-refractivity contribution is 7.53. The zero-order valence-electron chi connectivity index (χ0n) is 13.5. The van der Waals surface area contributed by atoms with Gasteiger partial charge in [-0.25, -0.2) is 0 Å². The van der Waals surface area contributed by atoms with Crippen molar-refractivity contribution < 1.29 is 33.7 Å². The van der Waals surface area contributed by atoms with Crippen molar-refractivity contribution in [3.05, 3.63) is 54.1 Å². The van der Waals surface area contributed by atoms with E-state index in [1.807, 2.05) is 18.2 Å². The maximum Gasteiger partial charge on any atom is 0.339 e. The van der Waals surface area contributed by atoms with Gasteiger partial charge in [0.25, 0.3) is 0 Å². The number of aliphatic carboxylic acids is 1. The second-order valence-electron chi connectivity index (χ2n) is 5.37. The van der Waals surface area contributed by atoms with Gasteiger partial charge < -0.3 is 24.4 Å². The summed E-state index contributed by atoms with van der Waals surface area (Å²) in [6.45, 7) is 0. The van der Waals surface area contributed by atoms with Crippen LogP contribution >= 0.6 is 7.60 Å². The molecule has 0 aliphatic carbocycles. The van der Waals surface area contributed by atoms with E-state index in [4.69, 9.17) is 14.6 Å². The summed E-state index contributed by atoms with van der Waals surface area (Å²) in [7, 11) is -3.26. The zero-order chi connectivity index (χ0) is 18.4. The lowest BCUT2D eigenvalue weighted by molar-refractivity contribution is -0.137. The molecule has 0 amide bonds. The minimum atomic E-state index is -4.73. The molecular formula is C17H19O7P. The lowest BCUT2D eigenvalue weighted by atomic mass is 10.1. The molecule has 0 spiro atoms. The fourth-order valence-corrected chi connectivity index (χ4v) is 3.12. The molecule has 0 fully saturated rings. The Bertz CT molecular complexity index is 770. The second kappa shape index (κ2) is 8.16. The number of benzene rings is 2. The van der Waals surface area contributed by atoms with Crippen molar-refractivity contribution in [3.8, 4) is 17.2 Å². The minimum absolute atomic E-state index is 0.122. The molecule has 0 radical (unpaired) electrons. The number of ether oxygens (including phenoxy) is 2. The van der Waals surface area contributed by atoms with Gasteiger partial charge in [0, 0.05) is 0 Å². The average Bonchev–Trinajstić information content (AvgIpc) is 2.54. The van der Waals surface area contributed by atoms with Crippen molar-refractivity contribution >= 4 is 13.6 Å². The van der Waals surface area contributed by atoms with E-state index in [1.54, 1.807) is 30.3 Å². The molecule has 8 heteroatoms. The van der Waals surface area contributed by atoms with Crippen LogP contribution in [-0.2, 0) is 15.8 Å². The quantitative estimate of drug-likeness (QED) is 0.615. The third-order valence-electron chi connectivity index (χ3n) is 3.61. The zero-order valence-corrected chi connectivity index (χ0v) is 14.4. The van der Waals surface area contributed by atoms with Crippen LogP contribution in [0.15, 0.2) is 48.5 Å². The maximum atomic E-state index is 11.3. The normalized spacial score (nSPS) is 12.4. The summed E-state index contributed by atoms with van der Waals surface area (Å²) >= 11 is 0. The number of rotatable bonds is 8. The van der Waals surface area contributed by atoms with Crippen molar-refractivity contribution in [2.24, 2.45) is 0 Å². The number of carbonyl (C=O) groups is 1. The Balaban J connectivity index is 2.19. The van der Waals surface area contributed by atoms with Gasteiger partial charge in [-0.2, -0.15) is 0 Å². The molecule has 0 bridgehead atoms. The fourth-order valence-electron chi connectivity index (χ4n) is 2.37. The van der Waals surface area contributed by atoms with E-state index >= 15 is 0 Å². The molecule has 0 aromatic heterocycles. The van der Waals surface area contributed by atoms with Gasteiger partial charge in [0.1, 0.15) is 17.2 Å². The second-order valence-corrected chi connectivity index (χ2v) is 7.17. The molecule has 25 heavy (non-hydrogen) atoms. The van der Waals surface area contributed by atoms with Crippen LogP contribution in [0.2, 0.25) is 0 Å². The van der Waals surface area contributed by atoms with Gasteiger partial charge in [0.05, 0.1) is 7.11 Å². The first kappa shape index (κ1) is 19.0. The van der Waals surface area contributed by atoms with Crippen LogP contribution in [-0.4, -0.2) is 33.6 Å². The summed E-state index contributed by atoms with van der Waals surface area (Å²) in [6, 6.07) is 14.1. The van der Waals surface area contributed by atoms with Gasteiger partial charge in [-0.1, -0.05) is 18.2 Å². The number of hydrogen-bond acceptors (Lipinski definition) is 4. The Hall–Kier alpha value is -2.34. The highest BCUT2D eigenvalue weighted by atomic mass is 31.2. The Morgan fingerprint density at radius 3 is 2.36 bits per heavy atom. The largest absolute Gasteiger partial charge is 0.496 e. The van der Waals surface area contributed by atoms with E-state index in [9.17, 15) is 19.1 Å². The monoisotopic (exact) mass is 366 g/mol. The van der Waals surface area contributed by atoms with E-state index in [0.29, 0.717) is 22.8 Å². The molecule has 1 unspecified atom stereocenters. The van der Waals surface area contributed by atoms with E-state index in [1.165, 1.54) is 7.11 Å². The maximum absolute atomic E-state index is 11.3. The van der Waals surface area contributed by atoms with Crippen LogP contribution in [0.4, 0.5) is 0 Å². The predicted molar refractivity (Wildman–Crippen MR) is 91.3 cm³/mol. The number of carboxylic acids is 1. The van der Waals surface area contributed by atoms with Gasteiger partial charge in [-0.3, -0.25) is 9.36 Å². The molecule has 0 aliphatic heterocycles. The van der Waals surface area contributed by atoms with Crippen molar-refractivity contribution in [3.63, 3.8) is 0 Å². The third-order valence-corrected chi connectivity index (χ3v) is 4.90. The highest BCUT2D eigenvalue weighted by Gasteiger charge is 2.35. The lowest BCUT2D eigenvalue weighted by Crippen LogP contribution is -2.21. The van der Waals surface area contributed by atoms with E-state index < -0.39 is 19.2 Å². The van der Waals surface area contributed by atoms with Crippen LogP contribution in [0, 0.1) is 0 Å². The summed E-state index contributed by atoms with van der Waals surface area (Å²) in [5, 5.41) is 9.01. The third kappa shape index (κ3) is 5.32. The number of para-hydroxylation sites is 1. The predicted octanol–water partition coefficient (Wildman–Crippen LogP) is 3.05. The standard InChI is InChI=1S/C17H19O7P/c1-23-15-9-8-14(24-13-5-3-2-4-6-13)11-12(15)7-10-16(17(18)19)25(20,21)22/h2-6,8-9,11,16H,7,10H2,1H3,(H,18,19)(H2,20,21,22). The molecule has 0 heterocycles. The summed E-state index contributed by atoms with van der Waals surface area (Å²) in [6.07, 6.45) is -0.0952. The van der Waals surface area contributed by atoms with Crippen LogP contribution in [0.3, 0.4) is 0 Å². The number of hydrogen-bond donors (Lipinski definition) is 3. The Morgan fingerprint density at radius 1 is 1.12 bits per heavy atom. The van der Waals surface area contributed by atoms with Gasteiger partial charge in [-0.05, 0) is 48.7 Å². The van der Waals surface area contributed by atoms with Crippen molar-refractivity contribution in [2.75, 3.05) is 7.11 Å². The minimum Gasteiger partial charge on any atom is -0.496 e. The lowest BCUT2D eigenvalue weighted by Gasteiger charge is -2.16. The topological polar surface area (TPSA) is 113 Å². The number of carboxylic acid groups (broad SMARTS) is 1. The van der Waals surface area contributed by atoms with Gasteiger partial charge >= 0.3 is 13.6 Å². The van der Waals surface area contributed by atoms with Gasteiger partial charge in [0.15, 0.2) is 5.66 Å². The molecule has 2 aromatic rings. The molecule has 134 valence electrons. The summed E-state index contributed by atoms with van der Waals surface area (Å²) in [5.41, 5.74) is -1.15. The average molecular weight is 366 g/mol. The van der Waals surface area contributed by atoms with Crippen molar-refractivity contribution in [2.45, 2.75) is 18.5 Å². The molecule has 2 aromatic carbocycles. The van der Waals surface area contributed by atoms with Gasteiger partial charge in [-0.15, -0.1) is 0 Å². The Kier molecular flexibility index (Phi) is 6.20. The molecule has 2 rings (SSSR count). The van der Waals surface area contributed by atoms with Crippen molar-refractivity contribution in [1.29, 1.82) is 0 Å². The van der Waals surface area contributed by atoms with E-state index in [-0.39, 0.29) is 12.8 Å². The molecule has 0 saturated carbocycles. The number of aryl methyl sites for hydroxylation is 1. The van der Waals surface area contributed by atoms with Crippen LogP contribution in [0.1, 0.15) is 12.0 Å². The summed E-state index contributed by atoms with van der Waals surface area (Å²) in [4.78, 5) is 29.4. The van der Waals surface area contributed by atoms with E-state index in [2.05, 4.69) is 0 Å². The summed E-state index contributed by atoms with van der Waals surface area (Å²) in [5.74, 6) is 0.126. The molecule has 0 aliphatic rings. The highest BCUT2D eigenvalue weighted by Crippen LogP contribution is 2.44. The first-order valence-electron chi connectivity index (χ1n) is 7.49. The van der Waals surface area contributed by atoms with Gasteiger partial charge in [0.2, 0.25) is 0 Å². The Morgan fingerprint density at radius 2 is 1.80 bits per heavy atom. The molecule has 7 nitrogen and oxygen atoms in total. The Labute approximate surface area is 145 Å². The summed E-state index contributed by atoms with van der Waals surface area (Å²) < 4.78 is 22.3. The smallest absolute Gasteiger partial charge is 0.339 e. The number of methoxy groups -OCH3 is 1. The van der Waals surface area contributed by atoms with Crippen LogP contribution in [0.25, 0.3) is 0 Å². The molecule has 3 N–H and O–H groups in total.